The van der Waals surface area contributed by atoms with E-state index in [-0.39, 0.29) is 0 Å². The van der Waals surface area contributed by atoms with Crippen molar-refractivity contribution in [3.63, 3.8) is 0 Å². The number of hydrogen-bond acceptors (Lipinski definition) is 4. The molecule has 0 saturated carbocycles. The quantitative estimate of drug-likeness (QED) is 0.800. The van der Waals surface area contributed by atoms with E-state index in [0.717, 1.165) is 19.6 Å². The molecule has 18 heavy (non-hydrogen) atoms. The largest absolute Gasteiger partial charge is 0.397 e. The van der Waals surface area contributed by atoms with Crippen LogP contribution in [0.1, 0.15) is 19.8 Å². The molecule has 1 heterocycles. The number of nitrogens with two attached hydrogens (primary N) is 2. The number of anilines is 3. The summed E-state index contributed by atoms with van der Waals surface area (Å²) in [5.74, 6) is 0. The summed E-state index contributed by atoms with van der Waals surface area (Å²) < 4.78 is 0. The molecule has 0 bridgehead atoms. The Kier molecular flexibility index (Phi) is 3.97. The Labute approximate surface area is 110 Å². The molecule has 4 nitrogen and oxygen atoms in total. The van der Waals surface area contributed by atoms with Gasteiger partial charge in [-0.15, -0.1) is 0 Å². The van der Waals surface area contributed by atoms with Crippen molar-refractivity contribution in [3.8, 4) is 0 Å². The van der Waals surface area contributed by atoms with Crippen molar-refractivity contribution >= 4 is 17.1 Å². The number of nitrogens with zero attached hydrogens (tertiary/aromatic N) is 2. The zero-order valence-electron chi connectivity index (χ0n) is 11.4. The van der Waals surface area contributed by atoms with Gasteiger partial charge < -0.3 is 21.3 Å². The summed E-state index contributed by atoms with van der Waals surface area (Å²) in [6, 6.07) is 6.58. The lowest BCUT2D eigenvalue weighted by Gasteiger charge is -2.41. The normalized spacial score (nSPS) is 21.2. The monoisotopic (exact) mass is 248 g/mol. The molecule has 1 fully saturated rings. The van der Waals surface area contributed by atoms with E-state index in [1.807, 2.05) is 12.1 Å². The maximum atomic E-state index is 5.91. The zero-order valence-corrected chi connectivity index (χ0v) is 11.4. The van der Waals surface area contributed by atoms with Crippen molar-refractivity contribution in [3.05, 3.63) is 18.2 Å². The molecular formula is C14H24N4. The Hall–Kier alpha value is -1.42. The second-order valence-corrected chi connectivity index (χ2v) is 5.21. The van der Waals surface area contributed by atoms with Gasteiger partial charge in [-0.25, -0.2) is 0 Å². The first kappa shape index (κ1) is 13.0. The minimum Gasteiger partial charge on any atom is -0.397 e. The first-order valence-corrected chi connectivity index (χ1v) is 6.72. The molecule has 0 radical (unpaired) electrons. The van der Waals surface area contributed by atoms with Crippen LogP contribution in [0.2, 0.25) is 0 Å². The van der Waals surface area contributed by atoms with Gasteiger partial charge in [0, 0.05) is 31.4 Å². The standard InChI is InChI=1S/C14H24N4/c1-3-4-12-10-17(2)7-8-18(12)11-5-6-13(15)14(16)9-11/h5-6,9,12H,3-4,7-8,10,15-16H2,1-2H3. The fourth-order valence-electron chi connectivity index (χ4n) is 2.67. The van der Waals surface area contributed by atoms with Gasteiger partial charge in [0.15, 0.2) is 0 Å². The molecule has 1 aromatic rings. The van der Waals surface area contributed by atoms with Crippen LogP contribution in [-0.2, 0) is 0 Å². The Morgan fingerprint density at radius 3 is 2.67 bits per heavy atom. The van der Waals surface area contributed by atoms with Crippen LogP contribution < -0.4 is 16.4 Å². The second-order valence-electron chi connectivity index (χ2n) is 5.21. The molecule has 1 atom stereocenters. The summed E-state index contributed by atoms with van der Waals surface area (Å²) in [7, 11) is 2.19. The summed E-state index contributed by atoms with van der Waals surface area (Å²) in [5, 5.41) is 0. The van der Waals surface area contributed by atoms with Crippen LogP contribution in [0.4, 0.5) is 17.1 Å². The van der Waals surface area contributed by atoms with Crippen molar-refractivity contribution in [2.24, 2.45) is 0 Å². The van der Waals surface area contributed by atoms with E-state index in [9.17, 15) is 0 Å². The average Bonchev–Trinajstić information content (AvgIpc) is 2.34. The van der Waals surface area contributed by atoms with Gasteiger partial charge in [0.05, 0.1) is 11.4 Å². The first-order chi connectivity index (χ1) is 8.61. The molecule has 100 valence electrons. The highest BCUT2D eigenvalue weighted by Crippen LogP contribution is 2.27. The lowest BCUT2D eigenvalue weighted by molar-refractivity contribution is 0.259. The van der Waals surface area contributed by atoms with Gasteiger partial charge in [-0.2, -0.15) is 0 Å². The molecular weight excluding hydrogens is 224 g/mol. The highest BCUT2D eigenvalue weighted by Gasteiger charge is 2.24. The van der Waals surface area contributed by atoms with Gasteiger partial charge in [0.2, 0.25) is 0 Å². The van der Waals surface area contributed by atoms with E-state index >= 15 is 0 Å². The Bertz CT molecular complexity index is 405. The van der Waals surface area contributed by atoms with Crippen LogP contribution in [0, 0.1) is 0 Å². The summed E-state index contributed by atoms with van der Waals surface area (Å²) in [6.07, 6.45) is 2.42. The van der Waals surface area contributed by atoms with Gasteiger partial charge in [-0.1, -0.05) is 13.3 Å². The molecule has 0 aliphatic carbocycles. The van der Waals surface area contributed by atoms with Crippen LogP contribution in [-0.4, -0.2) is 37.6 Å². The number of benzene rings is 1. The third-order valence-corrected chi connectivity index (χ3v) is 3.71. The first-order valence-electron chi connectivity index (χ1n) is 6.72. The summed E-state index contributed by atoms with van der Waals surface area (Å²) in [4.78, 5) is 4.87. The van der Waals surface area contributed by atoms with Gasteiger partial charge in [-0.05, 0) is 31.7 Å². The predicted octanol–water partition coefficient (Wildman–Crippen LogP) is 1.77. The van der Waals surface area contributed by atoms with Crippen LogP contribution in [0.25, 0.3) is 0 Å². The Balaban J connectivity index is 2.20. The molecule has 4 N–H and O–H groups in total. The highest BCUT2D eigenvalue weighted by atomic mass is 15.3. The Morgan fingerprint density at radius 1 is 1.22 bits per heavy atom. The second kappa shape index (κ2) is 5.48. The topological polar surface area (TPSA) is 58.5 Å². The number of hydrogen-bond donors (Lipinski definition) is 2. The number of nitrogen functional groups attached to an aromatic ring is 2. The van der Waals surface area contributed by atoms with E-state index in [4.69, 9.17) is 11.5 Å². The minimum atomic E-state index is 0.580. The maximum absolute atomic E-state index is 5.91. The van der Waals surface area contributed by atoms with Gasteiger partial charge >= 0.3 is 0 Å². The van der Waals surface area contributed by atoms with E-state index in [0.29, 0.717) is 17.4 Å². The van der Waals surface area contributed by atoms with Gasteiger partial charge in [-0.3, -0.25) is 0 Å². The summed E-state index contributed by atoms with van der Waals surface area (Å²) >= 11 is 0. The molecule has 4 heteroatoms. The molecule has 1 aliphatic heterocycles. The molecule has 1 unspecified atom stereocenters. The fraction of sp³-hybridized carbons (Fsp3) is 0.571. The zero-order chi connectivity index (χ0) is 13.1. The van der Waals surface area contributed by atoms with Crippen LogP contribution >= 0.6 is 0 Å². The molecule has 0 amide bonds. The minimum absolute atomic E-state index is 0.580. The van der Waals surface area contributed by atoms with E-state index < -0.39 is 0 Å². The predicted molar refractivity (Wildman–Crippen MR) is 78.8 cm³/mol. The number of piperazine rings is 1. The van der Waals surface area contributed by atoms with Crippen LogP contribution in [0.3, 0.4) is 0 Å². The SMILES string of the molecule is CCCC1CN(C)CCN1c1ccc(N)c(N)c1. The van der Waals surface area contributed by atoms with Crippen molar-refractivity contribution < 1.29 is 0 Å². The van der Waals surface area contributed by atoms with Crippen LogP contribution in [0.15, 0.2) is 18.2 Å². The number of rotatable bonds is 3. The molecule has 1 saturated heterocycles. The van der Waals surface area contributed by atoms with Crippen LogP contribution in [0.5, 0.6) is 0 Å². The Morgan fingerprint density at radius 2 is 2.00 bits per heavy atom. The van der Waals surface area contributed by atoms with E-state index in [1.165, 1.54) is 18.5 Å². The molecule has 1 aliphatic rings. The lowest BCUT2D eigenvalue weighted by Crippen LogP contribution is -2.52. The maximum Gasteiger partial charge on any atom is 0.0568 e. The molecule has 2 rings (SSSR count). The third-order valence-electron chi connectivity index (χ3n) is 3.71. The summed E-state index contributed by atoms with van der Waals surface area (Å²) in [6.45, 7) is 5.53. The smallest absolute Gasteiger partial charge is 0.0568 e. The third kappa shape index (κ3) is 2.70. The average molecular weight is 248 g/mol. The van der Waals surface area contributed by atoms with Crippen molar-refractivity contribution in [2.75, 3.05) is 43.0 Å². The molecule has 1 aromatic carbocycles. The van der Waals surface area contributed by atoms with Crippen molar-refractivity contribution in [2.45, 2.75) is 25.8 Å². The molecule has 0 aromatic heterocycles. The summed E-state index contributed by atoms with van der Waals surface area (Å²) in [5.41, 5.74) is 14.2. The van der Waals surface area contributed by atoms with Crippen molar-refractivity contribution in [1.29, 1.82) is 0 Å². The number of likely N-dealkylation sites (N-methyl/N-ethyl adjacent to an activating group) is 1. The van der Waals surface area contributed by atoms with Gasteiger partial charge in [0.25, 0.3) is 0 Å². The van der Waals surface area contributed by atoms with E-state index in [1.54, 1.807) is 0 Å². The fourth-order valence-corrected chi connectivity index (χ4v) is 2.67. The van der Waals surface area contributed by atoms with E-state index in [2.05, 4.69) is 29.8 Å². The molecule has 0 spiro atoms. The van der Waals surface area contributed by atoms with Gasteiger partial charge in [0.1, 0.15) is 0 Å². The highest BCUT2D eigenvalue weighted by molar-refractivity contribution is 5.70. The van der Waals surface area contributed by atoms with Crippen molar-refractivity contribution in [1.82, 2.24) is 4.90 Å². The lowest BCUT2D eigenvalue weighted by atomic mass is 10.1.